The van der Waals surface area contributed by atoms with Crippen LogP contribution in [0.25, 0.3) is 0 Å². The molecule has 0 saturated carbocycles. The van der Waals surface area contributed by atoms with E-state index >= 15 is 0 Å². The average molecular weight is 493 g/mol. The number of carbonyl (C=O) groups is 3. The van der Waals surface area contributed by atoms with Crippen molar-refractivity contribution in [1.82, 2.24) is 5.32 Å². The maximum Gasteiger partial charge on any atom is 0.306 e. The Kier molecular flexibility index (Phi) is 9.83. The second kappa shape index (κ2) is 12.6. The number of benzene rings is 2. The Morgan fingerprint density at radius 2 is 1.87 bits per heavy atom. The molecule has 2 rings (SSSR count). The van der Waals surface area contributed by atoms with Crippen LogP contribution >= 0.6 is 15.9 Å². The predicted octanol–water partition coefficient (Wildman–Crippen LogP) is 3.22. The first-order chi connectivity index (χ1) is 14.9. The number of hydrogen-bond acceptors (Lipinski definition) is 6. The summed E-state index contributed by atoms with van der Waals surface area (Å²) < 4.78 is 16.5. The summed E-state index contributed by atoms with van der Waals surface area (Å²) in [5, 5.41) is 5.08. The van der Waals surface area contributed by atoms with E-state index in [-0.39, 0.29) is 13.0 Å². The van der Waals surface area contributed by atoms with Gasteiger partial charge in [0.2, 0.25) is 5.91 Å². The summed E-state index contributed by atoms with van der Waals surface area (Å²) in [6, 6.07) is 12.7. The van der Waals surface area contributed by atoms with Crippen molar-refractivity contribution in [1.29, 1.82) is 0 Å². The summed E-state index contributed by atoms with van der Waals surface area (Å²) >= 11 is 3.35. The maximum atomic E-state index is 12.0. The van der Waals surface area contributed by atoms with E-state index in [9.17, 15) is 14.4 Å². The number of aryl methyl sites for hydroxylation is 1. The molecule has 0 radical (unpaired) electrons. The zero-order valence-electron chi connectivity index (χ0n) is 17.4. The fraction of sp³-hybridized carbons (Fsp3) is 0.318. The lowest BCUT2D eigenvalue weighted by molar-refractivity contribution is -0.148. The van der Waals surface area contributed by atoms with Gasteiger partial charge < -0.3 is 24.8 Å². The molecule has 0 spiro atoms. The highest BCUT2D eigenvalue weighted by Gasteiger charge is 2.11. The first kappa shape index (κ1) is 24.2. The molecule has 2 aromatic carbocycles. The van der Waals surface area contributed by atoms with Crippen LogP contribution in [0.3, 0.4) is 0 Å². The second-order valence-electron chi connectivity index (χ2n) is 6.60. The van der Waals surface area contributed by atoms with Gasteiger partial charge in [0.1, 0.15) is 11.5 Å². The quantitative estimate of drug-likeness (QED) is 0.368. The van der Waals surface area contributed by atoms with E-state index in [1.165, 1.54) is 7.11 Å². The SMILES string of the molecule is COc1ccc(C)cc1NC(=O)CNC(=O)COC(=O)CCCOc1cccc(Br)c1. The predicted molar refractivity (Wildman–Crippen MR) is 119 cm³/mol. The Bertz CT molecular complexity index is 919. The first-order valence-corrected chi connectivity index (χ1v) is 10.4. The van der Waals surface area contributed by atoms with Gasteiger partial charge in [-0.25, -0.2) is 0 Å². The average Bonchev–Trinajstić information content (AvgIpc) is 2.74. The van der Waals surface area contributed by atoms with Crippen molar-refractivity contribution < 1.29 is 28.6 Å². The maximum absolute atomic E-state index is 12.0. The van der Waals surface area contributed by atoms with Crippen molar-refractivity contribution in [3.63, 3.8) is 0 Å². The molecule has 9 heteroatoms. The minimum atomic E-state index is -0.565. The molecule has 0 atom stereocenters. The molecule has 2 amide bonds. The van der Waals surface area contributed by atoms with Crippen molar-refractivity contribution in [3.8, 4) is 11.5 Å². The molecule has 0 saturated heterocycles. The first-order valence-electron chi connectivity index (χ1n) is 9.62. The van der Waals surface area contributed by atoms with E-state index < -0.39 is 24.4 Å². The van der Waals surface area contributed by atoms with Gasteiger partial charge in [-0.3, -0.25) is 14.4 Å². The molecule has 0 heterocycles. The molecule has 0 fully saturated rings. The van der Waals surface area contributed by atoms with Crippen molar-refractivity contribution in [2.45, 2.75) is 19.8 Å². The number of anilines is 1. The van der Waals surface area contributed by atoms with Crippen LogP contribution in [-0.4, -0.2) is 44.7 Å². The summed E-state index contributed by atoms with van der Waals surface area (Å²) in [4.78, 5) is 35.6. The van der Waals surface area contributed by atoms with Gasteiger partial charge in [0, 0.05) is 10.9 Å². The number of rotatable bonds is 11. The van der Waals surface area contributed by atoms with Crippen molar-refractivity contribution in [2.75, 3.05) is 32.2 Å². The van der Waals surface area contributed by atoms with E-state index in [0.29, 0.717) is 30.2 Å². The van der Waals surface area contributed by atoms with Crippen LogP contribution < -0.4 is 20.1 Å². The fourth-order valence-electron chi connectivity index (χ4n) is 2.53. The van der Waals surface area contributed by atoms with E-state index in [2.05, 4.69) is 26.6 Å². The molecule has 166 valence electrons. The third kappa shape index (κ3) is 9.08. The molecular weight excluding hydrogens is 468 g/mol. The third-order valence-corrected chi connectivity index (χ3v) is 4.52. The number of amides is 2. The molecule has 0 aromatic heterocycles. The Morgan fingerprint density at radius 1 is 1.06 bits per heavy atom. The van der Waals surface area contributed by atoms with Gasteiger partial charge in [0.05, 0.1) is 25.9 Å². The number of hydrogen-bond donors (Lipinski definition) is 2. The van der Waals surface area contributed by atoms with Gasteiger partial charge in [0.25, 0.3) is 5.91 Å². The van der Waals surface area contributed by atoms with Gasteiger partial charge >= 0.3 is 5.97 Å². The summed E-state index contributed by atoms with van der Waals surface area (Å²) in [7, 11) is 1.50. The number of methoxy groups -OCH3 is 1. The van der Waals surface area contributed by atoms with Crippen molar-refractivity contribution in [3.05, 3.63) is 52.5 Å². The normalized spacial score (nSPS) is 10.2. The molecule has 2 N–H and O–H groups in total. The summed E-state index contributed by atoms with van der Waals surface area (Å²) in [5.41, 5.74) is 1.47. The molecular formula is C22H25BrN2O6. The molecule has 0 bridgehead atoms. The highest BCUT2D eigenvalue weighted by Crippen LogP contribution is 2.24. The van der Waals surface area contributed by atoms with Gasteiger partial charge in [-0.1, -0.05) is 28.1 Å². The zero-order chi connectivity index (χ0) is 22.6. The highest BCUT2D eigenvalue weighted by atomic mass is 79.9. The molecule has 0 unspecified atom stereocenters. The zero-order valence-corrected chi connectivity index (χ0v) is 19.0. The van der Waals surface area contributed by atoms with E-state index in [1.807, 2.05) is 37.3 Å². The lowest BCUT2D eigenvalue weighted by Crippen LogP contribution is -2.35. The number of halogens is 1. The van der Waals surface area contributed by atoms with Gasteiger partial charge in [0.15, 0.2) is 6.61 Å². The molecule has 8 nitrogen and oxygen atoms in total. The van der Waals surface area contributed by atoms with Crippen LogP contribution in [0.5, 0.6) is 11.5 Å². The number of carbonyl (C=O) groups excluding carboxylic acids is 3. The molecule has 0 aliphatic rings. The van der Waals surface area contributed by atoms with Crippen LogP contribution in [0.15, 0.2) is 46.9 Å². The largest absolute Gasteiger partial charge is 0.495 e. The Morgan fingerprint density at radius 3 is 2.61 bits per heavy atom. The minimum absolute atomic E-state index is 0.120. The van der Waals surface area contributed by atoms with E-state index in [4.69, 9.17) is 14.2 Å². The minimum Gasteiger partial charge on any atom is -0.495 e. The summed E-state index contributed by atoms with van der Waals surface area (Å²) in [5.74, 6) is -0.285. The highest BCUT2D eigenvalue weighted by molar-refractivity contribution is 9.10. The summed E-state index contributed by atoms with van der Waals surface area (Å²) in [6.07, 6.45) is 0.572. The van der Waals surface area contributed by atoms with Crippen molar-refractivity contribution in [2.24, 2.45) is 0 Å². The smallest absolute Gasteiger partial charge is 0.306 e. The third-order valence-electron chi connectivity index (χ3n) is 4.03. The fourth-order valence-corrected chi connectivity index (χ4v) is 2.90. The second-order valence-corrected chi connectivity index (χ2v) is 7.51. The van der Waals surface area contributed by atoms with Crippen LogP contribution in [-0.2, 0) is 19.1 Å². The lowest BCUT2D eigenvalue weighted by Gasteiger charge is -2.11. The Balaban J connectivity index is 1.61. The van der Waals surface area contributed by atoms with Crippen LogP contribution in [0.1, 0.15) is 18.4 Å². The van der Waals surface area contributed by atoms with Gasteiger partial charge in [-0.15, -0.1) is 0 Å². The number of nitrogens with one attached hydrogen (secondary N) is 2. The molecule has 31 heavy (non-hydrogen) atoms. The van der Waals surface area contributed by atoms with Crippen LogP contribution in [0.4, 0.5) is 5.69 Å². The van der Waals surface area contributed by atoms with Crippen molar-refractivity contribution >= 4 is 39.4 Å². The van der Waals surface area contributed by atoms with E-state index in [0.717, 1.165) is 10.0 Å². The van der Waals surface area contributed by atoms with Gasteiger partial charge in [-0.2, -0.15) is 0 Å². The standard InChI is InChI=1S/C22H25BrN2O6/c1-15-8-9-19(29-2)18(11-15)25-20(26)13-24-21(27)14-31-22(28)7-4-10-30-17-6-3-5-16(23)12-17/h3,5-6,8-9,11-12H,4,7,10,13-14H2,1-2H3,(H,24,27)(H,25,26). The van der Waals surface area contributed by atoms with E-state index in [1.54, 1.807) is 12.1 Å². The Hall–Kier alpha value is -3.07. The molecule has 0 aliphatic heterocycles. The van der Waals surface area contributed by atoms with Gasteiger partial charge in [-0.05, 0) is 49.2 Å². The topological polar surface area (TPSA) is 103 Å². The molecule has 0 aliphatic carbocycles. The monoisotopic (exact) mass is 492 g/mol. The lowest BCUT2D eigenvalue weighted by atomic mass is 10.2. The number of esters is 1. The van der Waals surface area contributed by atoms with Crippen LogP contribution in [0.2, 0.25) is 0 Å². The Labute approximate surface area is 189 Å². The molecule has 2 aromatic rings. The number of ether oxygens (including phenoxy) is 3. The summed E-state index contributed by atoms with van der Waals surface area (Å²) in [6.45, 7) is 1.53. The van der Waals surface area contributed by atoms with Crippen LogP contribution in [0, 0.1) is 6.92 Å².